The van der Waals surface area contributed by atoms with E-state index in [0.717, 1.165) is 16.7 Å². The molecule has 1 amide bonds. The van der Waals surface area contributed by atoms with Crippen molar-refractivity contribution >= 4 is 38.7 Å². The molecule has 0 saturated heterocycles. The Morgan fingerprint density at radius 2 is 1.53 bits per heavy atom. The first-order chi connectivity index (χ1) is 18.3. The fraction of sp³-hybridized carbons (Fsp3) is 0.0667. The minimum Gasteiger partial charge on any atom is -0.373 e. The van der Waals surface area contributed by atoms with Crippen LogP contribution in [0.1, 0.15) is 5.56 Å². The van der Waals surface area contributed by atoms with Crippen molar-refractivity contribution in [3.8, 4) is 11.1 Å². The molecule has 5 aromatic rings. The molecule has 0 fully saturated rings. The van der Waals surface area contributed by atoms with E-state index in [4.69, 9.17) is 0 Å². The number of rotatable bonds is 7. The second kappa shape index (κ2) is 10.4. The van der Waals surface area contributed by atoms with Crippen LogP contribution in [0.5, 0.6) is 0 Å². The molecule has 0 bridgehead atoms. The Balaban J connectivity index is 1.42. The maximum Gasteiger partial charge on any atom is 0.271 e. The summed E-state index contributed by atoms with van der Waals surface area (Å²) < 4.78 is 27.6. The molecule has 0 aliphatic heterocycles. The van der Waals surface area contributed by atoms with Crippen molar-refractivity contribution in [3.63, 3.8) is 0 Å². The summed E-state index contributed by atoms with van der Waals surface area (Å²) >= 11 is 0. The third-order valence-corrected chi connectivity index (χ3v) is 7.81. The largest absolute Gasteiger partial charge is 0.373 e. The molecule has 8 heteroatoms. The van der Waals surface area contributed by atoms with Gasteiger partial charge in [-0.15, -0.1) is 0 Å². The van der Waals surface area contributed by atoms with Crippen molar-refractivity contribution in [1.29, 1.82) is 0 Å². The Morgan fingerprint density at radius 1 is 0.868 bits per heavy atom. The van der Waals surface area contributed by atoms with Crippen LogP contribution in [0.4, 0.5) is 5.69 Å². The van der Waals surface area contributed by atoms with Crippen molar-refractivity contribution < 1.29 is 13.2 Å². The highest BCUT2D eigenvalue weighted by atomic mass is 32.2. The highest BCUT2D eigenvalue weighted by molar-refractivity contribution is 7.90. The van der Waals surface area contributed by atoms with E-state index in [1.165, 1.54) is 10.2 Å². The minimum absolute atomic E-state index is 0.197. The minimum atomic E-state index is -3.78. The van der Waals surface area contributed by atoms with Crippen LogP contribution in [0.15, 0.2) is 120 Å². The van der Waals surface area contributed by atoms with Crippen LogP contribution in [-0.2, 0) is 14.8 Å². The van der Waals surface area contributed by atoms with Gasteiger partial charge in [0.1, 0.15) is 5.70 Å². The Kier molecular flexibility index (Phi) is 6.81. The quantitative estimate of drug-likeness (QED) is 0.286. The second-order valence-corrected chi connectivity index (χ2v) is 10.7. The standard InChI is InChI=1S/C30H26N4O3S/c1-33(2)28(21-22-9-5-3-6-10-22)30(35)32-24-15-13-23(14-16-24)26-17-19-31-29-27(26)18-20-34(29)38(36,37)25-11-7-4-8-12-25/h3-21H,1-2H3,(H,32,35). The molecule has 2 aromatic heterocycles. The third-order valence-electron chi connectivity index (χ3n) is 6.13. The molecule has 0 aliphatic rings. The average Bonchev–Trinajstić information content (AvgIpc) is 3.38. The predicted octanol–water partition coefficient (Wildman–Crippen LogP) is 5.48. The van der Waals surface area contributed by atoms with Crippen LogP contribution < -0.4 is 5.32 Å². The molecule has 5 rings (SSSR count). The van der Waals surface area contributed by atoms with E-state index in [2.05, 4.69) is 10.3 Å². The van der Waals surface area contributed by atoms with Gasteiger partial charge in [0.05, 0.1) is 4.90 Å². The first-order valence-electron chi connectivity index (χ1n) is 12.0. The van der Waals surface area contributed by atoms with E-state index in [9.17, 15) is 13.2 Å². The zero-order valence-electron chi connectivity index (χ0n) is 20.9. The SMILES string of the molecule is CN(C)C(=Cc1ccccc1)C(=O)Nc1ccc(-c2ccnc3c2ccn3S(=O)(=O)c2ccccc2)cc1. The van der Waals surface area contributed by atoms with Crippen molar-refractivity contribution in [2.75, 3.05) is 19.4 Å². The lowest BCUT2D eigenvalue weighted by atomic mass is 10.0. The number of aromatic nitrogens is 2. The number of hydrogen-bond donors (Lipinski definition) is 1. The van der Waals surface area contributed by atoms with Gasteiger partial charge in [0.2, 0.25) is 0 Å². The van der Waals surface area contributed by atoms with Gasteiger partial charge in [-0.3, -0.25) is 4.79 Å². The normalized spacial score (nSPS) is 11.9. The average molecular weight is 523 g/mol. The molecule has 0 unspecified atom stereocenters. The van der Waals surface area contributed by atoms with Gasteiger partial charge in [-0.25, -0.2) is 17.4 Å². The molecule has 7 nitrogen and oxygen atoms in total. The number of anilines is 1. The Hall–Kier alpha value is -4.69. The van der Waals surface area contributed by atoms with Gasteiger partial charge >= 0.3 is 0 Å². The Labute approximate surface area is 221 Å². The first-order valence-corrected chi connectivity index (χ1v) is 13.4. The molecule has 2 heterocycles. The summed E-state index contributed by atoms with van der Waals surface area (Å²) in [5.41, 5.74) is 4.17. The molecular weight excluding hydrogens is 496 g/mol. The van der Waals surface area contributed by atoms with Crippen molar-refractivity contribution in [2.45, 2.75) is 4.90 Å². The molecule has 38 heavy (non-hydrogen) atoms. The lowest BCUT2D eigenvalue weighted by Crippen LogP contribution is -2.24. The smallest absolute Gasteiger partial charge is 0.271 e. The van der Waals surface area contributed by atoms with Crippen molar-refractivity contribution in [3.05, 3.63) is 121 Å². The van der Waals surface area contributed by atoms with Crippen LogP contribution in [0.25, 0.3) is 28.2 Å². The molecule has 0 aliphatic carbocycles. The number of pyridine rings is 1. The van der Waals surface area contributed by atoms with Gasteiger partial charge < -0.3 is 10.2 Å². The summed E-state index contributed by atoms with van der Waals surface area (Å²) in [6.07, 6.45) is 4.97. The summed E-state index contributed by atoms with van der Waals surface area (Å²) in [4.78, 5) is 19.3. The van der Waals surface area contributed by atoms with E-state index in [1.807, 2.05) is 80.8 Å². The van der Waals surface area contributed by atoms with Gasteiger partial charge in [-0.05, 0) is 59.2 Å². The maximum atomic E-state index is 13.2. The second-order valence-electron chi connectivity index (χ2n) is 8.89. The lowest BCUT2D eigenvalue weighted by molar-refractivity contribution is -0.113. The maximum absolute atomic E-state index is 13.2. The van der Waals surface area contributed by atoms with Gasteiger partial charge in [0, 0.05) is 37.6 Å². The van der Waals surface area contributed by atoms with Gasteiger partial charge in [0.25, 0.3) is 15.9 Å². The van der Waals surface area contributed by atoms with E-state index >= 15 is 0 Å². The molecule has 0 radical (unpaired) electrons. The molecule has 0 atom stereocenters. The lowest BCUT2D eigenvalue weighted by Gasteiger charge is -2.17. The van der Waals surface area contributed by atoms with Crippen LogP contribution in [0.3, 0.4) is 0 Å². The Bertz CT molecular complexity index is 1730. The molecule has 0 spiro atoms. The summed E-state index contributed by atoms with van der Waals surface area (Å²) in [6, 6.07) is 29.0. The zero-order valence-corrected chi connectivity index (χ0v) is 21.8. The zero-order chi connectivity index (χ0) is 26.7. The Morgan fingerprint density at radius 3 is 2.18 bits per heavy atom. The molecule has 0 saturated carbocycles. The number of benzene rings is 3. The summed E-state index contributed by atoms with van der Waals surface area (Å²) in [7, 11) is -0.123. The number of likely N-dealkylation sites (N-methyl/N-ethyl adjacent to an activating group) is 1. The fourth-order valence-corrected chi connectivity index (χ4v) is 5.52. The molecule has 1 N–H and O–H groups in total. The van der Waals surface area contributed by atoms with E-state index < -0.39 is 10.0 Å². The van der Waals surface area contributed by atoms with Crippen molar-refractivity contribution in [1.82, 2.24) is 13.9 Å². The number of nitrogens with one attached hydrogen (secondary N) is 1. The molecule has 190 valence electrons. The number of hydrogen-bond acceptors (Lipinski definition) is 5. The summed E-state index contributed by atoms with van der Waals surface area (Å²) in [5, 5.41) is 3.67. The highest BCUT2D eigenvalue weighted by Crippen LogP contribution is 2.31. The summed E-state index contributed by atoms with van der Waals surface area (Å²) in [6.45, 7) is 0. The third kappa shape index (κ3) is 4.94. The van der Waals surface area contributed by atoms with Crippen LogP contribution >= 0.6 is 0 Å². The van der Waals surface area contributed by atoms with Crippen molar-refractivity contribution in [2.24, 2.45) is 0 Å². The van der Waals surface area contributed by atoms with Gasteiger partial charge in [-0.2, -0.15) is 0 Å². The van der Waals surface area contributed by atoms with E-state index in [-0.39, 0.29) is 10.8 Å². The van der Waals surface area contributed by atoms with Gasteiger partial charge in [-0.1, -0.05) is 60.7 Å². The van der Waals surface area contributed by atoms with E-state index in [0.29, 0.717) is 22.4 Å². The van der Waals surface area contributed by atoms with Crippen LogP contribution in [0, 0.1) is 0 Å². The summed E-state index contributed by atoms with van der Waals surface area (Å²) in [5.74, 6) is -0.221. The number of fused-ring (bicyclic) bond motifs is 1. The highest BCUT2D eigenvalue weighted by Gasteiger charge is 2.20. The number of amides is 1. The molecule has 3 aromatic carbocycles. The van der Waals surface area contributed by atoms with Crippen LogP contribution in [0.2, 0.25) is 0 Å². The van der Waals surface area contributed by atoms with E-state index in [1.54, 1.807) is 47.5 Å². The first kappa shape index (κ1) is 25.0. The fourth-order valence-electron chi connectivity index (χ4n) is 4.20. The van der Waals surface area contributed by atoms with Gasteiger partial charge in [0.15, 0.2) is 5.65 Å². The topological polar surface area (TPSA) is 84.3 Å². The van der Waals surface area contributed by atoms with Crippen LogP contribution in [-0.4, -0.2) is 42.3 Å². The number of carbonyl (C=O) groups is 1. The number of nitrogens with zero attached hydrogens (tertiary/aromatic N) is 3. The monoisotopic (exact) mass is 522 g/mol. The number of carbonyl (C=O) groups excluding carboxylic acids is 1. The molecular formula is C30H26N4O3S. The predicted molar refractivity (Wildman–Crippen MR) is 151 cm³/mol.